The SMILES string of the molecule is CN1C(=O)c2c(nn(Cc3ccc(C4CCCN4C)cc3)c2Nc2ccc(F)cc2)N2CC(C)(C)N=C12. The molecule has 3 aliphatic rings. The van der Waals surface area contributed by atoms with E-state index in [2.05, 4.69) is 41.5 Å². The van der Waals surface area contributed by atoms with Crippen LogP contribution in [0.5, 0.6) is 0 Å². The second-order valence-corrected chi connectivity index (χ2v) is 10.9. The zero-order valence-electron chi connectivity index (χ0n) is 21.7. The number of benzene rings is 2. The fourth-order valence-corrected chi connectivity index (χ4v) is 5.60. The lowest BCUT2D eigenvalue weighted by Crippen LogP contribution is -2.48. The van der Waals surface area contributed by atoms with Crippen LogP contribution in [0.15, 0.2) is 53.5 Å². The van der Waals surface area contributed by atoms with E-state index in [1.54, 1.807) is 24.1 Å². The van der Waals surface area contributed by atoms with Crippen LogP contribution < -0.4 is 10.2 Å². The number of hydrogen-bond acceptors (Lipinski definition) is 6. The summed E-state index contributed by atoms with van der Waals surface area (Å²) in [5.41, 5.74) is 3.26. The molecule has 0 saturated carbocycles. The standard InChI is InChI=1S/C28H32FN7O/c1-28(2)17-35-25-23(26(37)34(4)27(35)31-28)24(30-21-13-11-20(29)12-14-21)36(32-25)16-18-7-9-19(10-8-18)22-6-5-15-33(22)3/h7-14,22,30H,5-6,15-17H2,1-4H3. The van der Waals surface area contributed by atoms with Crippen molar-refractivity contribution in [2.45, 2.75) is 44.8 Å². The minimum absolute atomic E-state index is 0.168. The summed E-state index contributed by atoms with van der Waals surface area (Å²) in [6, 6.07) is 15.3. The lowest BCUT2D eigenvalue weighted by atomic mass is 10.0. The Hall–Kier alpha value is -3.72. The van der Waals surface area contributed by atoms with Gasteiger partial charge in [0.25, 0.3) is 5.91 Å². The monoisotopic (exact) mass is 501 g/mol. The Kier molecular flexibility index (Phi) is 5.56. The Labute approximate surface area is 216 Å². The average Bonchev–Trinajstić information content (AvgIpc) is 3.55. The second-order valence-electron chi connectivity index (χ2n) is 10.9. The number of halogens is 1. The number of aliphatic imine (C=N–C) groups is 1. The summed E-state index contributed by atoms with van der Waals surface area (Å²) in [5.74, 6) is 1.32. The first-order valence-corrected chi connectivity index (χ1v) is 12.8. The van der Waals surface area contributed by atoms with E-state index in [1.807, 2.05) is 23.4 Å². The predicted molar refractivity (Wildman–Crippen MR) is 143 cm³/mol. The number of aromatic nitrogens is 2. The van der Waals surface area contributed by atoms with Crippen molar-refractivity contribution in [3.63, 3.8) is 0 Å². The third-order valence-electron chi connectivity index (χ3n) is 7.52. The molecule has 0 bridgehead atoms. The lowest BCUT2D eigenvalue weighted by Gasteiger charge is -2.30. The number of carbonyl (C=O) groups excluding carboxylic acids is 1. The van der Waals surface area contributed by atoms with Crippen LogP contribution in [0.2, 0.25) is 0 Å². The van der Waals surface area contributed by atoms with E-state index in [0.717, 1.165) is 12.1 Å². The summed E-state index contributed by atoms with van der Waals surface area (Å²) in [5, 5.41) is 8.29. The molecule has 0 spiro atoms. The van der Waals surface area contributed by atoms with Crippen LogP contribution in [-0.2, 0) is 6.54 Å². The van der Waals surface area contributed by atoms with Crippen molar-refractivity contribution in [3.05, 3.63) is 71.0 Å². The van der Waals surface area contributed by atoms with Crippen molar-refractivity contribution in [2.24, 2.45) is 4.99 Å². The van der Waals surface area contributed by atoms with Gasteiger partial charge in [-0.1, -0.05) is 24.3 Å². The first kappa shape index (κ1) is 23.7. The number of likely N-dealkylation sites (tertiary alicyclic amines) is 1. The first-order valence-electron chi connectivity index (χ1n) is 12.8. The second kappa shape index (κ2) is 8.69. The van der Waals surface area contributed by atoms with Crippen LogP contribution in [0.3, 0.4) is 0 Å². The van der Waals surface area contributed by atoms with Crippen LogP contribution in [0.4, 0.5) is 21.7 Å². The number of guanidine groups is 1. The van der Waals surface area contributed by atoms with Crippen molar-refractivity contribution in [1.29, 1.82) is 0 Å². The molecule has 2 aromatic carbocycles. The van der Waals surface area contributed by atoms with Gasteiger partial charge in [-0.25, -0.2) is 14.1 Å². The van der Waals surface area contributed by atoms with Crippen LogP contribution in [-0.4, -0.2) is 64.2 Å². The quantitative estimate of drug-likeness (QED) is 0.553. The molecule has 0 aliphatic carbocycles. The van der Waals surface area contributed by atoms with E-state index in [4.69, 9.17) is 10.1 Å². The molecule has 1 aromatic heterocycles. The van der Waals surface area contributed by atoms with Gasteiger partial charge in [0.15, 0.2) is 5.82 Å². The minimum Gasteiger partial charge on any atom is -0.340 e. The zero-order chi connectivity index (χ0) is 25.9. The van der Waals surface area contributed by atoms with Crippen molar-refractivity contribution < 1.29 is 9.18 Å². The number of nitrogens with zero attached hydrogens (tertiary/aromatic N) is 6. The summed E-state index contributed by atoms with van der Waals surface area (Å²) in [4.78, 5) is 24.4. The number of fused-ring (bicyclic) bond motifs is 3. The van der Waals surface area contributed by atoms with E-state index in [-0.39, 0.29) is 17.3 Å². The van der Waals surface area contributed by atoms with E-state index in [0.29, 0.717) is 48.0 Å². The van der Waals surface area contributed by atoms with E-state index >= 15 is 0 Å². The van der Waals surface area contributed by atoms with Crippen molar-refractivity contribution >= 4 is 29.2 Å². The molecule has 3 aromatic rings. The molecule has 1 saturated heterocycles. The van der Waals surface area contributed by atoms with Crippen LogP contribution in [0.25, 0.3) is 0 Å². The molecule has 1 fully saturated rings. The molecule has 1 N–H and O–H groups in total. The highest BCUT2D eigenvalue weighted by atomic mass is 19.1. The highest BCUT2D eigenvalue weighted by Gasteiger charge is 2.45. The molecular weight excluding hydrogens is 469 g/mol. The number of amides is 1. The minimum atomic E-state index is -0.330. The number of rotatable bonds is 5. The number of hydrogen-bond donors (Lipinski definition) is 1. The smallest absolute Gasteiger partial charge is 0.267 e. The first-order chi connectivity index (χ1) is 17.7. The van der Waals surface area contributed by atoms with Crippen LogP contribution in [0, 0.1) is 5.82 Å². The third kappa shape index (κ3) is 4.17. The fraction of sp³-hybridized carbons (Fsp3) is 0.393. The zero-order valence-corrected chi connectivity index (χ0v) is 21.7. The van der Waals surface area contributed by atoms with E-state index < -0.39 is 0 Å². The maximum absolute atomic E-state index is 13.6. The molecule has 3 aliphatic heterocycles. The molecule has 192 valence electrons. The Morgan fingerprint density at radius 1 is 1.08 bits per heavy atom. The predicted octanol–water partition coefficient (Wildman–Crippen LogP) is 4.62. The molecule has 1 atom stereocenters. The van der Waals surface area contributed by atoms with Crippen molar-refractivity contribution in [2.75, 3.05) is 37.4 Å². The molecule has 37 heavy (non-hydrogen) atoms. The number of anilines is 3. The van der Waals surface area contributed by atoms with Gasteiger partial charge in [0.2, 0.25) is 5.96 Å². The van der Waals surface area contributed by atoms with Gasteiger partial charge >= 0.3 is 0 Å². The average molecular weight is 502 g/mol. The van der Waals surface area contributed by atoms with Gasteiger partial charge in [-0.2, -0.15) is 5.10 Å². The van der Waals surface area contributed by atoms with Crippen molar-refractivity contribution in [3.8, 4) is 0 Å². The molecule has 1 amide bonds. The van der Waals surface area contributed by atoms with Crippen molar-refractivity contribution in [1.82, 2.24) is 19.6 Å². The fourth-order valence-electron chi connectivity index (χ4n) is 5.60. The Balaban J connectivity index is 1.39. The Bertz CT molecular complexity index is 1380. The summed E-state index contributed by atoms with van der Waals surface area (Å²) in [6.07, 6.45) is 2.40. The lowest BCUT2D eigenvalue weighted by molar-refractivity contribution is 0.0866. The largest absolute Gasteiger partial charge is 0.340 e. The molecule has 9 heteroatoms. The molecule has 6 rings (SSSR count). The van der Waals surface area contributed by atoms with Gasteiger partial charge in [0.05, 0.1) is 18.6 Å². The molecule has 0 radical (unpaired) electrons. The van der Waals surface area contributed by atoms with E-state index in [9.17, 15) is 9.18 Å². The molecule has 1 unspecified atom stereocenters. The molecular formula is C28H32FN7O. The summed E-state index contributed by atoms with van der Waals surface area (Å²) >= 11 is 0. The van der Waals surface area contributed by atoms with Gasteiger partial charge in [-0.15, -0.1) is 0 Å². The maximum atomic E-state index is 13.6. The highest BCUT2D eigenvalue weighted by Crippen LogP contribution is 2.39. The van der Waals surface area contributed by atoms with Crippen LogP contribution in [0.1, 0.15) is 54.2 Å². The van der Waals surface area contributed by atoms with Gasteiger partial charge < -0.3 is 5.32 Å². The summed E-state index contributed by atoms with van der Waals surface area (Å²) < 4.78 is 15.4. The molecule has 8 nitrogen and oxygen atoms in total. The maximum Gasteiger partial charge on any atom is 0.267 e. The van der Waals surface area contributed by atoms with Gasteiger partial charge in [0.1, 0.15) is 17.2 Å². The normalized spacial score (nSPS) is 20.7. The Morgan fingerprint density at radius 3 is 2.49 bits per heavy atom. The highest BCUT2D eigenvalue weighted by molar-refractivity contribution is 6.20. The topological polar surface area (TPSA) is 69.0 Å². The Morgan fingerprint density at radius 2 is 1.81 bits per heavy atom. The molecule has 4 heterocycles. The summed E-state index contributed by atoms with van der Waals surface area (Å²) in [6.45, 7) is 6.34. The van der Waals surface area contributed by atoms with E-state index in [1.165, 1.54) is 30.5 Å². The van der Waals surface area contributed by atoms with Gasteiger partial charge in [-0.3, -0.25) is 19.5 Å². The third-order valence-corrected chi connectivity index (χ3v) is 7.52. The summed E-state index contributed by atoms with van der Waals surface area (Å²) in [7, 11) is 3.93. The van der Waals surface area contributed by atoms with Gasteiger partial charge in [0, 0.05) is 18.8 Å². The number of nitrogens with one attached hydrogen (secondary N) is 1. The van der Waals surface area contributed by atoms with Crippen LogP contribution >= 0.6 is 0 Å². The van der Waals surface area contributed by atoms with Gasteiger partial charge in [-0.05, 0) is 75.7 Å². The number of carbonyl (C=O) groups is 1.